The van der Waals surface area contributed by atoms with Gasteiger partial charge in [0.05, 0.1) is 0 Å². The van der Waals surface area contributed by atoms with Crippen molar-refractivity contribution in [1.29, 1.82) is 0 Å². The Labute approximate surface area is 77.5 Å². The lowest BCUT2D eigenvalue weighted by molar-refractivity contribution is 0.225. The quantitative estimate of drug-likeness (QED) is 0.635. The van der Waals surface area contributed by atoms with Crippen molar-refractivity contribution in [1.82, 2.24) is 0 Å². The van der Waals surface area contributed by atoms with Gasteiger partial charge in [0.15, 0.2) is 0 Å². The molecule has 0 N–H and O–H groups in total. The first-order chi connectivity index (χ1) is 5.39. The van der Waals surface area contributed by atoms with Gasteiger partial charge in [0.2, 0.25) is 0 Å². The van der Waals surface area contributed by atoms with Crippen LogP contribution in [0.15, 0.2) is 0 Å². The van der Waals surface area contributed by atoms with Crippen molar-refractivity contribution in [2.75, 3.05) is 14.2 Å². The Morgan fingerprint density at radius 1 is 1.08 bits per heavy atom. The molecule has 0 heterocycles. The maximum Gasteiger partial charge on any atom is 0.337 e. The average molecular weight is 190 g/mol. The standard InChI is InChI=1S/C9H22O2Si/c1-7-12(10-5,11-6)8-9(2,3)4/h7-8H2,1-6H3. The molecule has 0 saturated heterocycles. The van der Waals surface area contributed by atoms with Gasteiger partial charge in [-0.15, -0.1) is 0 Å². The summed E-state index contributed by atoms with van der Waals surface area (Å²) in [5.74, 6) is 0. The van der Waals surface area contributed by atoms with Crippen LogP contribution in [-0.2, 0) is 8.85 Å². The summed E-state index contributed by atoms with van der Waals surface area (Å²) < 4.78 is 11.1. The van der Waals surface area contributed by atoms with Crippen molar-refractivity contribution >= 4 is 8.56 Å². The van der Waals surface area contributed by atoms with E-state index in [4.69, 9.17) is 8.85 Å². The second kappa shape index (κ2) is 4.39. The smallest absolute Gasteiger partial charge is 0.337 e. The Kier molecular flexibility index (Phi) is 4.44. The highest BCUT2D eigenvalue weighted by molar-refractivity contribution is 6.67. The van der Waals surface area contributed by atoms with E-state index < -0.39 is 8.56 Å². The zero-order valence-electron chi connectivity index (χ0n) is 9.23. The van der Waals surface area contributed by atoms with Crippen molar-refractivity contribution < 1.29 is 8.85 Å². The van der Waals surface area contributed by atoms with E-state index in [1.54, 1.807) is 14.2 Å². The third-order valence-electron chi connectivity index (χ3n) is 2.08. The molecule has 0 aromatic rings. The molecule has 0 aromatic carbocycles. The maximum atomic E-state index is 5.53. The highest BCUT2D eigenvalue weighted by Gasteiger charge is 2.37. The normalized spacial score (nSPS) is 13.5. The number of rotatable bonds is 4. The summed E-state index contributed by atoms with van der Waals surface area (Å²) in [6, 6.07) is 2.08. The molecule has 0 bridgehead atoms. The summed E-state index contributed by atoms with van der Waals surface area (Å²) in [6.45, 7) is 8.82. The molecule has 2 nitrogen and oxygen atoms in total. The van der Waals surface area contributed by atoms with Gasteiger partial charge >= 0.3 is 8.56 Å². The van der Waals surface area contributed by atoms with Crippen molar-refractivity contribution in [3.05, 3.63) is 0 Å². The molecule has 0 atom stereocenters. The molecule has 0 fully saturated rings. The fourth-order valence-electron chi connectivity index (χ4n) is 1.45. The van der Waals surface area contributed by atoms with Crippen LogP contribution in [0.1, 0.15) is 27.7 Å². The number of hydrogen-bond acceptors (Lipinski definition) is 2. The topological polar surface area (TPSA) is 18.5 Å². The minimum Gasteiger partial charge on any atom is -0.398 e. The van der Waals surface area contributed by atoms with Crippen molar-refractivity contribution in [2.45, 2.75) is 39.8 Å². The van der Waals surface area contributed by atoms with E-state index >= 15 is 0 Å². The Morgan fingerprint density at radius 2 is 1.50 bits per heavy atom. The summed E-state index contributed by atoms with van der Waals surface area (Å²) >= 11 is 0. The third-order valence-corrected chi connectivity index (χ3v) is 6.25. The van der Waals surface area contributed by atoms with Gasteiger partial charge < -0.3 is 8.85 Å². The molecule has 0 radical (unpaired) electrons. The van der Waals surface area contributed by atoms with Crippen molar-refractivity contribution in [3.8, 4) is 0 Å². The van der Waals surface area contributed by atoms with Crippen LogP contribution in [-0.4, -0.2) is 22.8 Å². The molecule has 0 aliphatic heterocycles. The average Bonchev–Trinajstić information content (AvgIpc) is 1.99. The van der Waals surface area contributed by atoms with Crippen LogP contribution in [0.4, 0.5) is 0 Å². The fraction of sp³-hybridized carbons (Fsp3) is 1.00. The zero-order chi connectivity index (χ0) is 9.83. The largest absolute Gasteiger partial charge is 0.398 e. The van der Waals surface area contributed by atoms with Crippen molar-refractivity contribution in [2.24, 2.45) is 5.41 Å². The molecule has 0 aliphatic carbocycles. The molecule has 0 saturated carbocycles. The Bertz CT molecular complexity index is 117. The lowest BCUT2D eigenvalue weighted by Gasteiger charge is -2.32. The predicted molar refractivity (Wildman–Crippen MR) is 54.5 cm³/mol. The monoisotopic (exact) mass is 190 g/mol. The summed E-state index contributed by atoms with van der Waals surface area (Å²) in [4.78, 5) is 0. The van der Waals surface area contributed by atoms with E-state index in [0.717, 1.165) is 12.1 Å². The van der Waals surface area contributed by atoms with Crippen LogP contribution in [0, 0.1) is 5.41 Å². The highest BCUT2D eigenvalue weighted by atomic mass is 28.4. The van der Waals surface area contributed by atoms with Gasteiger partial charge in [0.1, 0.15) is 0 Å². The van der Waals surface area contributed by atoms with E-state index in [9.17, 15) is 0 Å². The Morgan fingerprint density at radius 3 is 1.58 bits per heavy atom. The summed E-state index contributed by atoms with van der Waals surface area (Å²) in [6.07, 6.45) is 0. The van der Waals surface area contributed by atoms with E-state index in [-0.39, 0.29) is 0 Å². The van der Waals surface area contributed by atoms with Crippen LogP contribution in [0.5, 0.6) is 0 Å². The molecule has 0 unspecified atom stereocenters. The summed E-state index contributed by atoms with van der Waals surface area (Å²) in [7, 11) is 1.68. The second-order valence-corrected chi connectivity index (χ2v) is 8.11. The second-order valence-electron chi connectivity index (χ2n) is 4.41. The first-order valence-corrected chi connectivity index (χ1v) is 6.72. The Balaban J connectivity index is 4.30. The van der Waals surface area contributed by atoms with Gasteiger partial charge in [0.25, 0.3) is 0 Å². The van der Waals surface area contributed by atoms with Gasteiger partial charge in [-0.3, -0.25) is 0 Å². The van der Waals surface area contributed by atoms with Crippen LogP contribution >= 0.6 is 0 Å². The summed E-state index contributed by atoms with van der Waals surface area (Å²) in [5, 5.41) is 0. The third kappa shape index (κ3) is 3.69. The van der Waals surface area contributed by atoms with Gasteiger partial charge in [-0.2, -0.15) is 0 Å². The summed E-state index contributed by atoms with van der Waals surface area (Å²) in [5.41, 5.74) is 0.300. The molecule has 12 heavy (non-hydrogen) atoms. The van der Waals surface area contributed by atoms with Gasteiger partial charge in [-0.1, -0.05) is 27.7 Å². The molecule has 0 aromatic heterocycles. The van der Waals surface area contributed by atoms with E-state index in [2.05, 4.69) is 27.7 Å². The minimum atomic E-state index is -1.85. The first kappa shape index (κ1) is 12.1. The molecular weight excluding hydrogens is 168 g/mol. The Hall–Kier alpha value is 0.137. The van der Waals surface area contributed by atoms with Crippen LogP contribution in [0.2, 0.25) is 12.1 Å². The number of hydrogen-bond donors (Lipinski definition) is 0. The molecule has 0 amide bonds. The lowest BCUT2D eigenvalue weighted by atomic mass is 10.0. The molecule has 0 rings (SSSR count). The van der Waals surface area contributed by atoms with Gasteiger partial charge in [-0.05, 0) is 17.5 Å². The van der Waals surface area contributed by atoms with Crippen LogP contribution in [0.3, 0.4) is 0 Å². The highest BCUT2D eigenvalue weighted by Crippen LogP contribution is 2.30. The predicted octanol–water partition coefficient (Wildman–Crippen LogP) is 2.79. The minimum absolute atomic E-state index is 0.300. The van der Waals surface area contributed by atoms with Gasteiger partial charge in [-0.25, -0.2) is 0 Å². The molecule has 0 aliphatic rings. The SMILES string of the molecule is CC[Si](CC(C)(C)C)(OC)OC. The molecule has 0 spiro atoms. The first-order valence-electron chi connectivity index (χ1n) is 4.49. The maximum absolute atomic E-state index is 5.53. The zero-order valence-corrected chi connectivity index (χ0v) is 10.2. The van der Waals surface area contributed by atoms with E-state index in [1.807, 2.05) is 0 Å². The van der Waals surface area contributed by atoms with Crippen molar-refractivity contribution in [3.63, 3.8) is 0 Å². The molecular formula is C9H22O2Si. The van der Waals surface area contributed by atoms with Crippen LogP contribution < -0.4 is 0 Å². The fourth-order valence-corrected chi connectivity index (χ4v) is 4.35. The van der Waals surface area contributed by atoms with Crippen LogP contribution in [0.25, 0.3) is 0 Å². The van der Waals surface area contributed by atoms with Gasteiger partial charge in [0, 0.05) is 14.2 Å². The molecule has 3 heteroatoms. The van der Waals surface area contributed by atoms with E-state index in [1.165, 1.54) is 0 Å². The lowest BCUT2D eigenvalue weighted by Crippen LogP contribution is -2.42. The van der Waals surface area contributed by atoms with E-state index in [0.29, 0.717) is 5.41 Å². The molecule has 74 valence electrons.